The summed E-state index contributed by atoms with van der Waals surface area (Å²) in [5.74, 6) is -2.25. The molecule has 7 heterocycles. The quantitative estimate of drug-likeness (QED) is 0.166. The van der Waals surface area contributed by atoms with Crippen LogP contribution < -0.4 is 25.2 Å². The number of hydrogen-bond acceptors (Lipinski definition) is 12. The smallest absolute Gasteiger partial charge is 0.258 e. The molecule has 4 bridgehead atoms. The normalized spacial score (nSPS) is 23.0. The number of aromatic nitrogens is 5. The van der Waals surface area contributed by atoms with Crippen molar-refractivity contribution >= 4 is 46.1 Å². The molecule has 0 unspecified atom stereocenters. The van der Waals surface area contributed by atoms with E-state index in [0.717, 1.165) is 74.0 Å². The number of nitrogens with one attached hydrogen (secondary N) is 2. The van der Waals surface area contributed by atoms with Gasteiger partial charge in [0.25, 0.3) is 5.91 Å². The van der Waals surface area contributed by atoms with Gasteiger partial charge in [0, 0.05) is 87.0 Å². The van der Waals surface area contributed by atoms with Gasteiger partial charge in [-0.25, -0.2) is 18.4 Å². The lowest BCUT2D eigenvalue weighted by atomic mass is 9.89. The average Bonchev–Trinajstić information content (AvgIpc) is 4.00. The van der Waals surface area contributed by atoms with Crippen molar-refractivity contribution in [2.75, 3.05) is 74.8 Å². The van der Waals surface area contributed by atoms with Crippen LogP contribution in [0, 0.1) is 37.3 Å². The predicted octanol–water partition coefficient (Wildman–Crippen LogP) is 5.57. The SMILES string of the molecule is COC[C@H]1CN(c2ccc3nc4n(c3c2)C[C@@H]2CC[C@H](COc3c(c(C)nn3CCO)-c3cc(cc(C)n3)C(=O)N4)C2)CCN1C1CCN(c2cc(F)c([C@H]3CCC(=O)NC3=O)c(F)c2)CC1. The summed E-state index contributed by atoms with van der Waals surface area (Å²) in [6.07, 6.45) is 4.69. The van der Waals surface area contributed by atoms with Crippen LogP contribution in [0.4, 0.5) is 26.1 Å². The highest BCUT2D eigenvalue weighted by Crippen LogP contribution is 2.39. The van der Waals surface area contributed by atoms with Gasteiger partial charge in [0.2, 0.25) is 23.6 Å². The highest BCUT2D eigenvalue weighted by atomic mass is 19.1. The summed E-state index contributed by atoms with van der Waals surface area (Å²) in [6.45, 7) is 9.25. The van der Waals surface area contributed by atoms with Crippen molar-refractivity contribution in [2.24, 2.45) is 11.8 Å². The van der Waals surface area contributed by atoms with Crippen molar-refractivity contribution in [1.82, 2.24) is 34.5 Å². The molecule has 4 aliphatic heterocycles. The number of methoxy groups -OCH3 is 1. The van der Waals surface area contributed by atoms with Gasteiger partial charge in [-0.05, 0) is 107 Å². The van der Waals surface area contributed by atoms with E-state index in [4.69, 9.17) is 19.4 Å². The lowest BCUT2D eigenvalue weighted by Crippen LogP contribution is -2.60. The molecule has 1 saturated carbocycles. The van der Waals surface area contributed by atoms with Crippen LogP contribution in [0.25, 0.3) is 22.3 Å². The van der Waals surface area contributed by atoms with E-state index in [-0.39, 0.29) is 49.5 Å². The molecule has 10 rings (SSSR count). The van der Waals surface area contributed by atoms with E-state index >= 15 is 8.78 Å². The number of ether oxygens (including phenoxy) is 2. The molecule has 5 aromatic rings. The third-order valence-corrected chi connectivity index (χ3v) is 14.6. The number of pyridine rings is 1. The Morgan fingerprint density at radius 3 is 2.42 bits per heavy atom. The molecule has 0 radical (unpaired) electrons. The second kappa shape index (κ2) is 18.6. The number of benzene rings is 2. The van der Waals surface area contributed by atoms with Gasteiger partial charge >= 0.3 is 0 Å². The highest BCUT2D eigenvalue weighted by molar-refractivity contribution is 6.05. The molecule has 3 amide bonds. The van der Waals surface area contributed by atoms with Crippen LogP contribution in [-0.4, -0.2) is 124 Å². The number of aryl methyl sites for hydroxylation is 2. The zero-order chi connectivity index (χ0) is 46.5. The number of fused-ring (bicyclic) bond motifs is 9. The molecule has 18 heteroatoms. The van der Waals surface area contributed by atoms with Crippen LogP contribution in [0.2, 0.25) is 0 Å². The number of carbonyl (C=O) groups is 3. The van der Waals surface area contributed by atoms with Crippen LogP contribution in [0.5, 0.6) is 5.88 Å². The molecule has 2 aromatic carbocycles. The molecule has 4 atom stereocenters. The Labute approximate surface area is 387 Å². The van der Waals surface area contributed by atoms with Gasteiger partial charge < -0.3 is 28.9 Å². The first-order chi connectivity index (χ1) is 32.4. The maximum absolute atomic E-state index is 15.5. The van der Waals surface area contributed by atoms with Gasteiger partial charge in [-0.3, -0.25) is 34.9 Å². The Kier molecular flexibility index (Phi) is 12.4. The fourth-order valence-corrected chi connectivity index (χ4v) is 11.3. The first-order valence-corrected chi connectivity index (χ1v) is 23.6. The van der Waals surface area contributed by atoms with Gasteiger partial charge in [0.15, 0.2) is 0 Å². The standard InChI is InChI=1S/C49H58F2N10O6/c1-28-18-32-20-41(52-28)44-29(2)56-61(16-17-62)48(44)67-26-31-5-4-30(19-31)24-60-42-23-34(6-8-40(42)53-49(60)55-46(32)64)58-14-15-59(36(25-58)27-66-3)33-10-12-57(13-11-33)35-21-38(50)45(39(51)22-35)37-7-9-43(63)54-47(37)65/h6,8,18,20-23,30-31,33,36-37,62H,4-5,7,9-17,19,24-27H2,1-3H3,(H,53,55,64)(H,54,63,65)/t30-,31+,36-,37-/m1/s1. The molecular weight excluding hydrogens is 863 g/mol. The first-order valence-electron chi connectivity index (χ1n) is 23.6. The number of hydrogen-bond donors (Lipinski definition) is 3. The Morgan fingerprint density at radius 1 is 0.866 bits per heavy atom. The molecule has 0 spiro atoms. The molecule has 1 aliphatic carbocycles. The zero-order valence-corrected chi connectivity index (χ0v) is 38.3. The van der Waals surface area contributed by atoms with Crippen molar-refractivity contribution in [2.45, 2.75) is 89.9 Å². The molecule has 3 N–H and O–H groups in total. The maximum atomic E-state index is 15.5. The minimum Gasteiger partial charge on any atom is -0.477 e. The van der Waals surface area contributed by atoms with Gasteiger partial charge in [0.05, 0.1) is 66.3 Å². The number of imide groups is 1. The summed E-state index contributed by atoms with van der Waals surface area (Å²) in [5, 5.41) is 19.9. The molecule has 16 nitrogen and oxygen atoms in total. The molecule has 3 aromatic heterocycles. The largest absolute Gasteiger partial charge is 0.477 e. The number of nitrogens with zero attached hydrogens (tertiary/aromatic N) is 8. The van der Waals surface area contributed by atoms with E-state index in [9.17, 15) is 19.5 Å². The number of halogens is 2. The van der Waals surface area contributed by atoms with E-state index < -0.39 is 29.4 Å². The van der Waals surface area contributed by atoms with E-state index in [1.54, 1.807) is 23.9 Å². The molecule has 354 valence electrons. The van der Waals surface area contributed by atoms with E-state index in [1.165, 1.54) is 12.1 Å². The number of piperidine rings is 2. The summed E-state index contributed by atoms with van der Waals surface area (Å²) in [6, 6.07) is 12.9. The summed E-state index contributed by atoms with van der Waals surface area (Å²) >= 11 is 0. The topological polar surface area (TPSA) is 172 Å². The number of amides is 3. The van der Waals surface area contributed by atoms with Gasteiger partial charge in [-0.15, -0.1) is 0 Å². The number of rotatable bonds is 8. The van der Waals surface area contributed by atoms with Crippen LogP contribution in [0.1, 0.15) is 78.2 Å². The third-order valence-electron chi connectivity index (χ3n) is 14.6. The summed E-state index contributed by atoms with van der Waals surface area (Å²) in [5.41, 5.74) is 6.11. The Morgan fingerprint density at radius 2 is 1.66 bits per heavy atom. The van der Waals surface area contributed by atoms with Gasteiger partial charge in [0.1, 0.15) is 11.6 Å². The van der Waals surface area contributed by atoms with Crippen LogP contribution in [-0.2, 0) is 27.4 Å². The summed E-state index contributed by atoms with van der Waals surface area (Å²) in [4.78, 5) is 55.0. The third kappa shape index (κ3) is 8.86. The second-order valence-corrected chi connectivity index (χ2v) is 19.0. The monoisotopic (exact) mass is 920 g/mol. The summed E-state index contributed by atoms with van der Waals surface area (Å²) in [7, 11) is 1.73. The lowest BCUT2D eigenvalue weighted by Gasteiger charge is -2.48. The van der Waals surface area contributed by atoms with Crippen molar-refractivity contribution in [3.63, 3.8) is 0 Å². The zero-order valence-electron chi connectivity index (χ0n) is 38.3. The molecule has 3 saturated heterocycles. The van der Waals surface area contributed by atoms with E-state index in [1.807, 2.05) is 24.8 Å². The maximum Gasteiger partial charge on any atom is 0.258 e. The first kappa shape index (κ1) is 44.8. The second-order valence-electron chi connectivity index (χ2n) is 19.0. The Balaban J connectivity index is 0.866. The fraction of sp³-hybridized carbons (Fsp3) is 0.510. The van der Waals surface area contributed by atoms with Crippen molar-refractivity contribution in [1.29, 1.82) is 0 Å². The van der Waals surface area contributed by atoms with Crippen LogP contribution in [0.3, 0.4) is 0 Å². The Bertz CT molecular complexity index is 2690. The predicted molar refractivity (Wildman–Crippen MR) is 247 cm³/mol. The molecular formula is C49H58F2N10O6. The summed E-state index contributed by atoms with van der Waals surface area (Å²) < 4.78 is 47.2. The van der Waals surface area contributed by atoms with Crippen molar-refractivity contribution in [3.8, 4) is 17.1 Å². The number of carbonyl (C=O) groups excluding carboxylic acids is 3. The number of anilines is 3. The van der Waals surface area contributed by atoms with Crippen molar-refractivity contribution < 1.29 is 37.7 Å². The number of aliphatic hydroxyl groups excluding tert-OH is 1. The highest BCUT2D eigenvalue weighted by Gasteiger charge is 2.37. The number of imidazole rings is 1. The molecule has 67 heavy (non-hydrogen) atoms. The van der Waals surface area contributed by atoms with Gasteiger partial charge in [-0.2, -0.15) is 5.10 Å². The minimum atomic E-state index is -1.03. The fourth-order valence-electron chi connectivity index (χ4n) is 11.3. The Hall–Kier alpha value is -5.98. The van der Waals surface area contributed by atoms with Crippen molar-refractivity contribution in [3.05, 3.63) is 76.6 Å². The van der Waals surface area contributed by atoms with Crippen LogP contribution >= 0.6 is 0 Å². The molecule has 4 fully saturated rings. The number of piperazine rings is 1. The molecule has 5 aliphatic rings. The number of aliphatic hydroxyl groups is 1. The van der Waals surface area contributed by atoms with Crippen LogP contribution in [0.15, 0.2) is 42.5 Å². The average molecular weight is 921 g/mol. The van der Waals surface area contributed by atoms with E-state index in [0.29, 0.717) is 84.8 Å². The van der Waals surface area contributed by atoms with E-state index in [2.05, 4.69) is 42.2 Å². The van der Waals surface area contributed by atoms with Gasteiger partial charge in [-0.1, -0.05) is 0 Å². The minimum absolute atomic E-state index is 0.0440. The lowest BCUT2D eigenvalue weighted by molar-refractivity contribution is -0.134.